The van der Waals surface area contributed by atoms with Crippen LogP contribution in [0.4, 0.5) is 0 Å². The highest BCUT2D eigenvalue weighted by molar-refractivity contribution is 7.90. The monoisotopic (exact) mass is 321 g/mol. The number of hydrogen-bond donors (Lipinski definition) is 0. The molecular weight excluding hydrogens is 302 g/mol. The first kappa shape index (κ1) is 14.8. The minimum atomic E-state index is -2.93. The molecule has 0 aliphatic carbocycles. The molecule has 0 fully saturated rings. The first-order valence-electron chi connectivity index (χ1n) is 7.07. The fraction of sp³-hybridized carbons (Fsp3) is 0.375. The van der Waals surface area contributed by atoms with Crippen LogP contribution in [0.1, 0.15) is 22.0 Å². The summed E-state index contributed by atoms with van der Waals surface area (Å²) in [6.07, 6.45) is 2.32. The average molecular weight is 321 g/mol. The molecule has 3 nitrogen and oxygen atoms in total. The fourth-order valence-electron chi connectivity index (χ4n) is 2.92. The summed E-state index contributed by atoms with van der Waals surface area (Å²) in [5.74, 6) is 0.218. The molecule has 112 valence electrons. The first-order chi connectivity index (χ1) is 10.0. The summed E-state index contributed by atoms with van der Waals surface area (Å²) in [7, 11) is -2.93. The summed E-state index contributed by atoms with van der Waals surface area (Å²) < 4.78 is 23.0. The van der Waals surface area contributed by atoms with Gasteiger partial charge in [0, 0.05) is 24.2 Å². The second-order valence-electron chi connectivity index (χ2n) is 5.53. The zero-order valence-electron chi connectivity index (χ0n) is 12.0. The second kappa shape index (κ2) is 5.91. The lowest BCUT2D eigenvalue weighted by Gasteiger charge is -2.36. The van der Waals surface area contributed by atoms with Crippen LogP contribution < -0.4 is 0 Å². The fourth-order valence-corrected chi connectivity index (χ4v) is 4.39. The zero-order chi connectivity index (χ0) is 14.9. The molecule has 0 saturated heterocycles. The Hall–Kier alpha value is -1.17. The van der Waals surface area contributed by atoms with Crippen molar-refractivity contribution in [2.75, 3.05) is 25.1 Å². The van der Waals surface area contributed by atoms with E-state index in [4.69, 9.17) is 0 Å². The molecule has 0 saturated carbocycles. The Labute approximate surface area is 130 Å². The van der Waals surface area contributed by atoms with Crippen molar-refractivity contribution in [2.45, 2.75) is 12.5 Å². The first-order valence-corrected chi connectivity index (χ1v) is 10.0. The van der Waals surface area contributed by atoms with Crippen LogP contribution in [0.5, 0.6) is 0 Å². The zero-order valence-corrected chi connectivity index (χ0v) is 13.7. The van der Waals surface area contributed by atoms with Gasteiger partial charge in [-0.25, -0.2) is 8.42 Å². The Kier molecular flexibility index (Phi) is 4.15. The molecule has 2 aromatic rings. The third-order valence-electron chi connectivity index (χ3n) is 3.93. The Bertz CT molecular complexity index is 707. The van der Waals surface area contributed by atoms with E-state index in [-0.39, 0.29) is 11.8 Å². The van der Waals surface area contributed by atoms with Gasteiger partial charge in [-0.15, -0.1) is 11.3 Å². The van der Waals surface area contributed by atoms with Gasteiger partial charge in [0.05, 0.1) is 11.8 Å². The Balaban J connectivity index is 1.93. The maximum absolute atomic E-state index is 11.5. The number of sulfone groups is 1. The molecule has 1 aromatic heterocycles. The van der Waals surface area contributed by atoms with E-state index in [1.165, 1.54) is 22.3 Å². The molecule has 1 atom stereocenters. The maximum Gasteiger partial charge on any atom is 0.148 e. The van der Waals surface area contributed by atoms with Crippen molar-refractivity contribution < 1.29 is 8.42 Å². The third-order valence-corrected chi connectivity index (χ3v) is 5.85. The summed E-state index contributed by atoms with van der Waals surface area (Å²) in [5.41, 5.74) is 2.58. The average Bonchev–Trinajstić information content (AvgIpc) is 2.93. The van der Waals surface area contributed by atoms with Crippen molar-refractivity contribution in [3.05, 3.63) is 57.8 Å². The largest absolute Gasteiger partial charge is 0.291 e. The van der Waals surface area contributed by atoms with Gasteiger partial charge in [-0.05, 0) is 29.0 Å². The predicted molar refractivity (Wildman–Crippen MR) is 87.6 cm³/mol. The van der Waals surface area contributed by atoms with Crippen molar-refractivity contribution in [1.29, 1.82) is 0 Å². The summed E-state index contributed by atoms with van der Waals surface area (Å²) in [4.78, 5) is 3.73. The number of fused-ring (bicyclic) bond motifs is 1. The summed E-state index contributed by atoms with van der Waals surface area (Å²) >= 11 is 1.80. The van der Waals surface area contributed by atoms with Crippen LogP contribution in [-0.2, 0) is 16.3 Å². The van der Waals surface area contributed by atoms with Gasteiger partial charge in [-0.3, -0.25) is 4.90 Å². The lowest BCUT2D eigenvalue weighted by molar-refractivity contribution is 0.228. The van der Waals surface area contributed by atoms with Crippen LogP contribution >= 0.6 is 11.3 Å². The van der Waals surface area contributed by atoms with E-state index < -0.39 is 9.84 Å². The van der Waals surface area contributed by atoms with E-state index in [9.17, 15) is 8.42 Å². The minimum absolute atomic E-state index is 0.183. The van der Waals surface area contributed by atoms with E-state index in [2.05, 4.69) is 28.5 Å². The van der Waals surface area contributed by atoms with Crippen LogP contribution in [0.3, 0.4) is 0 Å². The van der Waals surface area contributed by atoms with E-state index in [0.717, 1.165) is 13.0 Å². The molecule has 1 aliphatic heterocycles. The second-order valence-corrected chi connectivity index (χ2v) is 8.79. The van der Waals surface area contributed by atoms with Gasteiger partial charge >= 0.3 is 0 Å². The van der Waals surface area contributed by atoms with Gasteiger partial charge in [0.1, 0.15) is 9.84 Å². The van der Waals surface area contributed by atoms with Crippen molar-refractivity contribution in [1.82, 2.24) is 4.90 Å². The molecule has 0 bridgehead atoms. The van der Waals surface area contributed by atoms with Crippen LogP contribution in [0.2, 0.25) is 0 Å². The van der Waals surface area contributed by atoms with Crippen molar-refractivity contribution in [3.8, 4) is 0 Å². The number of benzene rings is 1. The predicted octanol–water partition coefficient (Wildman–Crippen LogP) is 2.74. The highest BCUT2D eigenvalue weighted by Crippen LogP contribution is 2.37. The smallest absolute Gasteiger partial charge is 0.148 e. The normalized spacial score (nSPS) is 19.4. The number of nitrogens with zero attached hydrogens (tertiary/aromatic N) is 1. The van der Waals surface area contributed by atoms with Crippen molar-refractivity contribution in [2.24, 2.45) is 0 Å². The highest BCUT2D eigenvalue weighted by atomic mass is 32.2. The molecule has 21 heavy (non-hydrogen) atoms. The van der Waals surface area contributed by atoms with Crippen molar-refractivity contribution in [3.63, 3.8) is 0 Å². The highest BCUT2D eigenvalue weighted by Gasteiger charge is 2.29. The lowest BCUT2D eigenvalue weighted by atomic mass is 9.93. The van der Waals surface area contributed by atoms with Crippen LogP contribution in [0, 0.1) is 0 Å². The molecule has 2 heterocycles. The molecule has 0 amide bonds. The minimum Gasteiger partial charge on any atom is -0.291 e. The van der Waals surface area contributed by atoms with Gasteiger partial charge in [-0.1, -0.05) is 30.3 Å². The molecule has 0 radical (unpaired) electrons. The standard InChI is InChI=1S/C16H19NO2S2/c1-21(18,19)12-10-17-9-7-15-14(8-11-20-15)16(17)13-5-3-2-4-6-13/h2-6,8,11,16H,7,9-10,12H2,1H3/t16-/m0/s1. The molecule has 1 aromatic carbocycles. The van der Waals surface area contributed by atoms with Gasteiger partial charge in [0.15, 0.2) is 0 Å². The number of rotatable bonds is 4. The van der Waals surface area contributed by atoms with Crippen molar-refractivity contribution >= 4 is 21.2 Å². The van der Waals surface area contributed by atoms with Gasteiger partial charge < -0.3 is 0 Å². The Morgan fingerprint density at radius 3 is 2.71 bits per heavy atom. The van der Waals surface area contributed by atoms with E-state index in [1.807, 2.05) is 18.2 Å². The molecule has 0 spiro atoms. The number of thiophene rings is 1. The molecule has 0 N–H and O–H groups in total. The number of hydrogen-bond acceptors (Lipinski definition) is 4. The Morgan fingerprint density at radius 2 is 2.00 bits per heavy atom. The summed E-state index contributed by atoms with van der Waals surface area (Å²) in [6, 6.07) is 12.7. The molecular formula is C16H19NO2S2. The quantitative estimate of drug-likeness (QED) is 0.869. The van der Waals surface area contributed by atoms with Gasteiger partial charge in [0.25, 0.3) is 0 Å². The van der Waals surface area contributed by atoms with E-state index >= 15 is 0 Å². The molecule has 5 heteroatoms. The lowest BCUT2D eigenvalue weighted by Crippen LogP contribution is -2.38. The molecule has 1 aliphatic rings. The topological polar surface area (TPSA) is 37.4 Å². The van der Waals surface area contributed by atoms with Gasteiger partial charge in [0.2, 0.25) is 0 Å². The van der Waals surface area contributed by atoms with Crippen LogP contribution in [0.15, 0.2) is 41.8 Å². The Morgan fingerprint density at radius 1 is 1.24 bits per heavy atom. The molecule has 3 rings (SSSR count). The third kappa shape index (κ3) is 3.36. The van der Waals surface area contributed by atoms with E-state index in [1.54, 1.807) is 11.3 Å². The summed E-state index contributed by atoms with van der Waals surface area (Å²) in [5, 5.41) is 2.14. The van der Waals surface area contributed by atoms with Crippen LogP contribution in [-0.4, -0.2) is 38.4 Å². The SMILES string of the molecule is CS(=O)(=O)CCN1CCc2sccc2[C@@H]1c1ccccc1. The van der Waals surface area contributed by atoms with Gasteiger partial charge in [-0.2, -0.15) is 0 Å². The summed E-state index contributed by atoms with van der Waals surface area (Å²) in [6.45, 7) is 1.51. The maximum atomic E-state index is 11.5. The van der Waals surface area contributed by atoms with E-state index in [0.29, 0.717) is 6.54 Å². The van der Waals surface area contributed by atoms with Crippen LogP contribution in [0.25, 0.3) is 0 Å². The molecule has 0 unspecified atom stereocenters.